The lowest BCUT2D eigenvalue weighted by atomic mass is 9.96. The van der Waals surface area contributed by atoms with E-state index < -0.39 is 0 Å². The number of ether oxygens (including phenoxy) is 1. The fourth-order valence-corrected chi connectivity index (χ4v) is 3.21. The van der Waals surface area contributed by atoms with Gasteiger partial charge in [0.2, 0.25) is 0 Å². The summed E-state index contributed by atoms with van der Waals surface area (Å²) in [5, 5.41) is 6.94. The molecule has 2 N–H and O–H groups in total. The van der Waals surface area contributed by atoms with Crippen molar-refractivity contribution in [3.63, 3.8) is 0 Å². The summed E-state index contributed by atoms with van der Waals surface area (Å²) in [6, 6.07) is 8.86. The average molecular weight is 287 g/mol. The van der Waals surface area contributed by atoms with E-state index in [1.165, 1.54) is 37.7 Å². The quantitative estimate of drug-likeness (QED) is 0.663. The van der Waals surface area contributed by atoms with E-state index in [1.807, 2.05) is 19.2 Å². The molecular formula is C17H25N3O. The molecule has 3 rings (SSSR count). The van der Waals surface area contributed by atoms with Crippen molar-refractivity contribution in [3.8, 4) is 5.75 Å². The van der Waals surface area contributed by atoms with Gasteiger partial charge in [-0.1, -0.05) is 37.5 Å². The number of benzene rings is 1. The maximum atomic E-state index is 5.95. The first kappa shape index (κ1) is 14.2. The minimum absolute atomic E-state index is 0.201. The Kier molecular flexibility index (Phi) is 4.63. The van der Waals surface area contributed by atoms with Crippen molar-refractivity contribution in [1.29, 1.82) is 0 Å². The highest BCUT2D eigenvalue weighted by atomic mass is 16.5. The second-order valence-corrected chi connectivity index (χ2v) is 5.98. The lowest BCUT2D eigenvalue weighted by Gasteiger charge is -2.25. The Morgan fingerprint density at radius 2 is 2.05 bits per heavy atom. The molecule has 0 radical (unpaired) electrons. The van der Waals surface area contributed by atoms with E-state index >= 15 is 0 Å². The first-order valence-corrected chi connectivity index (χ1v) is 8.07. The van der Waals surface area contributed by atoms with Gasteiger partial charge >= 0.3 is 0 Å². The molecule has 1 aromatic rings. The Bertz CT molecular complexity index is 470. The van der Waals surface area contributed by atoms with Crippen LogP contribution in [0, 0.1) is 0 Å². The largest absolute Gasteiger partial charge is 0.488 e. The molecule has 1 saturated carbocycles. The van der Waals surface area contributed by atoms with Crippen molar-refractivity contribution in [2.24, 2.45) is 4.99 Å². The summed E-state index contributed by atoms with van der Waals surface area (Å²) in [6.45, 7) is 0.793. The molecule has 0 aromatic heterocycles. The van der Waals surface area contributed by atoms with Crippen LogP contribution in [0.2, 0.25) is 0 Å². The molecule has 1 aromatic carbocycles. The molecular weight excluding hydrogens is 262 g/mol. The second kappa shape index (κ2) is 6.83. The van der Waals surface area contributed by atoms with Crippen molar-refractivity contribution in [2.45, 2.75) is 50.7 Å². The third-order valence-corrected chi connectivity index (χ3v) is 4.38. The molecule has 1 aliphatic carbocycles. The number of rotatable bonds is 3. The summed E-state index contributed by atoms with van der Waals surface area (Å²) in [5.74, 6) is 1.93. The monoisotopic (exact) mass is 287 g/mol. The van der Waals surface area contributed by atoms with Crippen LogP contribution in [0.15, 0.2) is 29.3 Å². The van der Waals surface area contributed by atoms with Gasteiger partial charge in [0, 0.05) is 19.5 Å². The number of hydrogen-bond donors (Lipinski definition) is 2. The van der Waals surface area contributed by atoms with Gasteiger partial charge in [-0.15, -0.1) is 0 Å². The highest BCUT2D eigenvalue weighted by Gasteiger charge is 2.22. The third-order valence-electron chi connectivity index (χ3n) is 4.38. The molecule has 0 amide bonds. The number of hydrogen-bond acceptors (Lipinski definition) is 2. The van der Waals surface area contributed by atoms with Crippen molar-refractivity contribution in [2.75, 3.05) is 13.6 Å². The van der Waals surface area contributed by atoms with Crippen LogP contribution >= 0.6 is 0 Å². The standard InChI is InChI=1S/C17H25N3O/c1-18-17(20-14-8-3-2-4-9-14)19-12-15-11-13-7-5-6-10-16(13)21-15/h5-7,10,14-15H,2-4,8-9,11-12H2,1H3,(H2,18,19,20). The van der Waals surface area contributed by atoms with E-state index in [1.54, 1.807) is 0 Å². The summed E-state index contributed by atoms with van der Waals surface area (Å²) >= 11 is 0. The summed E-state index contributed by atoms with van der Waals surface area (Å²) in [4.78, 5) is 4.33. The average Bonchev–Trinajstić information content (AvgIpc) is 2.95. The molecule has 2 aliphatic rings. The van der Waals surface area contributed by atoms with Gasteiger partial charge in [0.1, 0.15) is 11.9 Å². The smallest absolute Gasteiger partial charge is 0.191 e. The Hall–Kier alpha value is -1.71. The van der Waals surface area contributed by atoms with Crippen molar-refractivity contribution >= 4 is 5.96 Å². The van der Waals surface area contributed by atoms with Gasteiger partial charge in [-0.2, -0.15) is 0 Å². The topological polar surface area (TPSA) is 45.7 Å². The summed E-state index contributed by atoms with van der Waals surface area (Å²) in [6.07, 6.45) is 7.72. The maximum absolute atomic E-state index is 5.95. The van der Waals surface area contributed by atoms with E-state index in [0.29, 0.717) is 6.04 Å². The highest BCUT2D eigenvalue weighted by molar-refractivity contribution is 5.80. The zero-order valence-corrected chi connectivity index (χ0v) is 12.8. The van der Waals surface area contributed by atoms with Crippen LogP contribution in [-0.4, -0.2) is 31.7 Å². The minimum Gasteiger partial charge on any atom is -0.488 e. The SMILES string of the molecule is CN=C(NCC1Cc2ccccc2O1)NC1CCCCC1. The number of nitrogens with zero attached hydrogens (tertiary/aromatic N) is 1. The van der Waals surface area contributed by atoms with Crippen molar-refractivity contribution < 1.29 is 4.74 Å². The van der Waals surface area contributed by atoms with Crippen LogP contribution in [0.5, 0.6) is 5.75 Å². The van der Waals surface area contributed by atoms with Crippen LogP contribution < -0.4 is 15.4 Å². The van der Waals surface area contributed by atoms with Crippen LogP contribution in [0.1, 0.15) is 37.7 Å². The molecule has 114 valence electrons. The van der Waals surface area contributed by atoms with E-state index in [-0.39, 0.29) is 6.10 Å². The number of nitrogens with one attached hydrogen (secondary N) is 2. The zero-order valence-electron chi connectivity index (χ0n) is 12.8. The first-order chi connectivity index (χ1) is 10.3. The van der Waals surface area contributed by atoms with E-state index in [2.05, 4.69) is 27.8 Å². The van der Waals surface area contributed by atoms with Crippen LogP contribution in [0.4, 0.5) is 0 Å². The molecule has 1 unspecified atom stereocenters. The zero-order chi connectivity index (χ0) is 14.5. The van der Waals surface area contributed by atoms with Gasteiger partial charge in [-0.25, -0.2) is 0 Å². The van der Waals surface area contributed by atoms with E-state index in [9.17, 15) is 0 Å². The van der Waals surface area contributed by atoms with Gasteiger partial charge in [-0.3, -0.25) is 4.99 Å². The molecule has 21 heavy (non-hydrogen) atoms. The summed E-state index contributed by atoms with van der Waals surface area (Å²) in [5.41, 5.74) is 1.31. The number of para-hydroxylation sites is 1. The van der Waals surface area contributed by atoms with Crippen molar-refractivity contribution in [1.82, 2.24) is 10.6 Å². The molecule has 0 bridgehead atoms. The predicted molar refractivity (Wildman–Crippen MR) is 85.9 cm³/mol. The minimum atomic E-state index is 0.201. The summed E-state index contributed by atoms with van der Waals surface area (Å²) < 4.78 is 5.95. The van der Waals surface area contributed by atoms with E-state index in [4.69, 9.17) is 4.74 Å². The maximum Gasteiger partial charge on any atom is 0.191 e. The van der Waals surface area contributed by atoms with Gasteiger partial charge < -0.3 is 15.4 Å². The fraction of sp³-hybridized carbons (Fsp3) is 0.588. The van der Waals surface area contributed by atoms with Gasteiger partial charge in [-0.05, 0) is 24.5 Å². The molecule has 4 heteroatoms. The second-order valence-electron chi connectivity index (χ2n) is 5.98. The first-order valence-electron chi connectivity index (χ1n) is 8.07. The lowest BCUT2D eigenvalue weighted by Crippen LogP contribution is -2.46. The van der Waals surface area contributed by atoms with Crippen molar-refractivity contribution in [3.05, 3.63) is 29.8 Å². The fourth-order valence-electron chi connectivity index (χ4n) is 3.21. The Morgan fingerprint density at radius 3 is 2.81 bits per heavy atom. The van der Waals surface area contributed by atoms with Gasteiger partial charge in [0.25, 0.3) is 0 Å². The van der Waals surface area contributed by atoms with Crippen LogP contribution in [0.25, 0.3) is 0 Å². The van der Waals surface area contributed by atoms with Crippen LogP contribution in [-0.2, 0) is 6.42 Å². The van der Waals surface area contributed by atoms with Gasteiger partial charge in [0.05, 0.1) is 6.54 Å². The Balaban J connectivity index is 1.46. The molecule has 4 nitrogen and oxygen atoms in total. The number of aliphatic imine (C=N–C) groups is 1. The predicted octanol–water partition coefficient (Wildman–Crippen LogP) is 2.49. The third kappa shape index (κ3) is 3.69. The lowest BCUT2D eigenvalue weighted by molar-refractivity contribution is 0.234. The number of guanidine groups is 1. The molecule has 1 fully saturated rings. The summed E-state index contributed by atoms with van der Waals surface area (Å²) in [7, 11) is 1.84. The molecule has 1 aliphatic heterocycles. The normalized spacial score (nSPS) is 22.5. The molecule has 1 atom stereocenters. The molecule has 0 spiro atoms. The Labute approximate surface area is 127 Å². The number of fused-ring (bicyclic) bond motifs is 1. The van der Waals surface area contributed by atoms with E-state index in [0.717, 1.165) is 24.7 Å². The van der Waals surface area contributed by atoms with Gasteiger partial charge in [0.15, 0.2) is 5.96 Å². The molecule has 1 heterocycles. The van der Waals surface area contributed by atoms with Crippen LogP contribution in [0.3, 0.4) is 0 Å². The highest BCUT2D eigenvalue weighted by Crippen LogP contribution is 2.27. The Morgan fingerprint density at radius 1 is 1.24 bits per heavy atom. The molecule has 0 saturated heterocycles.